The number of amides is 1. The minimum absolute atomic E-state index is 0.165. The Kier molecular flexibility index (Phi) is 4.59. The maximum atomic E-state index is 11.6. The summed E-state index contributed by atoms with van der Waals surface area (Å²) in [6, 6.07) is 9.37. The van der Waals surface area contributed by atoms with E-state index in [0.29, 0.717) is 0 Å². The van der Waals surface area contributed by atoms with Crippen LogP contribution in [-0.2, 0) is 11.3 Å². The van der Waals surface area contributed by atoms with Crippen LogP contribution in [0, 0.1) is 0 Å². The lowest BCUT2D eigenvalue weighted by Crippen LogP contribution is -2.45. The molecule has 0 spiro atoms. The zero-order chi connectivity index (χ0) is 12.8. The highest BCUT2D eigenvalue weighted by molar-refractivity contribution is 5.67. The minimum atomic E-state index is -0.454. The fraction of sp³-hybridized carbons (Fsp3) is 0.500. The molecule has 0 bridgehead atoms. The molecule has 1 amide bonds. The van der Waals surface area contributed by atoms with E-state index in [9.17, 15) is 9.90 Å². The number of carbonyl (C=O) groups excluding carboxylic acids is 1. The molecule has 2 rings (SSSR count). The molecule has 1 fully saturated rings. The van der Waals surface area contributed by atoms with Gasteiger partial charge in [-0.05, 0) is 18.4 Å². The summed E-state index contributed by atoms with van der Waals surface area (Å²) in [5, 5.41) is 12.5. The Morgan fingerprint density at radius 3 is 2.72 bits per heavy atom. The van der Waals surface area contributed by atoms with Crippen LogP contribution in [0.15, 0.2) is 30.3 Å². The molecule has 1 aliphatic rings. The lowest BCUT2D eigenvalue weighted by atomic mass is 9.93. The van der Waals surface area contributed by atoms with Crippen LogP contribution in [0.25, 0.3) is 0 Å². The summed E-state index contributed by atoms with van der Waals surface area (Å²) in [6.07, 6.45) is 2.75. The molecule has 4 heteroatoms. The van der Waals surface area contributed by atoms with Crippen molar-refractivity contribution in [1.82, 2.24) is 5.32 Å². The van der Waals surface area contributed by atoms with Gasteiger partial charge in [0.25, 0.3) is 0 Å². The summed E-state index contributed by atoms with van der Waals surface area (Å²) in [5.41, 5.74) is 0.955. The second kappa shape index (κ2) is 6.40. The van der Waals surface area contributed by atoms with Gasteiger partial charge in [0, 0.05) is 0 Å². The summed E-state index contributed by atoms with van der Waals surface area (Å²) >= 11 is 0. The molecule has 0 heterocycles. The molecule has 1 aromatic carbocycles. The molecule has 4 nitrogen and oxygen atoms in total. The number of ether oxygens (including phenoxy) is 1. The predicted molar refractivity (Wildman–Crippen MR) is 68.0 cm³/mol. The molecule has 0 aromatic heterocycles. The van der Waals surface area contributed by atoms with E-state index in [4.69, 9.17) is 4.74 Å². The Balaban J connectivity index is 1.75. The van der Waals surface area contributed by atoms with Crippen LogP contribution in [0.5, 0.6) is 0 Å². The molecule has 18 heavy (non-hydrogen) atoms. The molecule has 1 aliphatic carbocycles. The number of benzene rings is 1. The number of hydrogen-bond donors (Lipinski definition) is 2. The summed E-state index contributed by atoms with van der Waals surface area (Å²) in [7, 11) is 0. The largest absolute Gasteiger partial charge is 0.445 e. The SMILES string of the molecule is O=C(N[C@@H]1CCCC[C@@H]1O)OCc1ccccc1. The molecule has 0 aliphatic heterocycles. The second-order valence-electron chi connectivity index (χ2n) is 4.66. The van der Waals surface area contributed by atoms with Gasteiger partial charge in [0.15, 0.2) is 0 Å². The normalized spacial score (nSPS) is 23.4. The molecular weight excluding hydrogens is 230 g/mol. The minimum Gasteiger partial charge on any atom is -0.445 e. The van der Waals surface area contributed by atoms with Crippen LogP contribution in [-0.4, -0.2) is 23.3 Å². The summed E-state index contributed by atoms with van der Waals surface area (Å²) < 4.78 is 5.12. The highest BCUT2D eigenvalue weighted by Crippen LogP contribution is 2.18. The molecule has 1 aromatic rings. The number of nitrogens with one attached hydrogen (secondary N) is 1. The Morgan fingerprint density at radius 1 is 1.28 bits per heavy atom. The van der Waals surface area contributed by atoms with Crippen LogP contribution in [0.4, 0.5) is 4.79 Å². The summed E-state index contributed by atoms with van der Waals surface area (Å²) in [5.74, 6) is 0. The van der Waals surface area contributed by atoms with Gasteiger partial charge in [-0.1, -0.05) is 43.2 Å². The van der Waals surface area contributed by atoms with Crippen molar-refractivity contribution in [2.75, 3.05) is 0 Å². The Bertz CT molecular complexity index is 380. The monoisotopic (exact) mass is 249 g/mol. The van der Waals surface area contributed by atoms with E-state index in [0.717, 1.165) is 31.2 Å². The molecule has 98 valence electrons. The van der Waals surface area contributed by atoms with Gasteiger partial charge in [0.05, 0.1) is 12.1 Å². The van der Waals surface area contributed by atoms with Crippen molar-refractivity contribution in [1.29, 1.82) is 0 Å². The number of rotatable bonds is 3. The third-order valence-electron chi connectivity index (χ3n) is 3.25. The number of aliphatic hydroxyl groups excluding tert-OH is 1. The molecule has 0 unspecified atom stereocenters. The summed E-state index contributed by atoms with van der Waals surface area (Å²) in [6.45, 7) is 0.259. The first-order valence-electron chi connectivity index (χ1n) is 6.41. The molecule has 2 N–H and O–H groups in total. The molecular formula is C14H19NO3. The van der Waals surface area contributed by atoms with E-state index >= 15 is 0 Å². The number of hydrogen-bond acceptors (Lipinski definition) is 3. The van der Waals surface area contributed by atoms with Gasteiger partial charge in [-0.2, -0.15) is 0 Å². The van der Waals surface area contributed by atoms with Gasteiger partial charge in [-0.25, -0.2) is 4.79 Å². The number of aliphatic hydroxyl groups is 1. The van der Waals surface area contributed by atoms with Crippen molar-refractivity contribution in [2.45, 2.75) is 44.4 Å². The third-order valence-corrected chi connectivity index (χ3v) is 3.25. The van der Waals surface area contributed by atoms with E-state index in [2.05, 4.69) is 5.32 Å². The standard InChI is InChI=1S/C14H19NO3/c16-13-9-5-4-8-12(13)15-14(17)18-10-11-6-2-1-3-7-11/h1-3,6-7,12-13,16H,4-5,8-10H2,(H,15,17)/t12-,13+/m1/s1. The lowest BCUT2D eigenvalue weighted by molar-refractivity contribution is 0.0781. The van der Waals surface area contributed by atoms with Crippen molar-refractivity contribution in [3.05, 3.63) is 35.9 Å². The first-order chi connectivity index (χ1) is 8.75. The van der Waals surface area contributed by atoms with Crippen LogP contribution >= 0.6 is 0 Å². The predicted octanol–water partition coefficient (Wildman–Crippen LogP) is 2.22. The highest BCUT2D eigenvalue weighted by atomic mass is 16.5. The van der Waals surface area contributed by atoms with Crippen molar-refractivity contribution < 1.29 is 14.6 Å². The Labute approximate surface area is 107 Å². The van der Waals surface area contributed by atoms with Crippen LogP contribution in [0.2, 0.25) is 0 Å². The molecule has 2 atom stereocenters. The Hall–Kier alpha value is -1.55. The van der Waals surface area contributed by atoms with Crippen molar-refractivity contribution in [3.63, 3.8) is 0 Å². The van der Waals surface area contributed by atoms with E-state index in [1.54, 1.807) is 0 Å². The van der Waals surface area contributed by atoms with Crippen molar-refractivity contribution in [3.8, 4) is 0 Å². The zero-order valence-corrected chi connectivity index (χ0v) is 10.3. The molecule has 0 radical (unpaired) electrons. The van der Waals surface area contributed by atoms with Gasteiger partial charge in [0.2, 0.25) is 0 Å². The Morgan fingerprint density at radius 2 is 2.00 bits per heavy atom. The van der Waals surface area contributed by atoms with Crippen molar-refractivity contribution in [2.24, 2.45) is 0 Å². The van der Waals surface area contributed by atoms with E-state index < -0.39 is 12.2 Å². The maximum Gasteiger partial charge on any atom is 0.407 e. The summed E-state index contributed by atoms with van der Waals surface area (Å²) in [4.78, 5) is 11.6. The fourth-order valence-corrected chi connectivity index (χ4v) is 2.20. The molecule has 0 saturated heterocycles. The number of alkyl carbamates (subject to hydrolysis) is 1. The van der Waals surface area contributed by atoms with Gasteiger partial charge >= 0.3 is 6.09 Å². The quantitative estimate of drug-likeness (QED) is 0.863. The first-order valence-corrected chi connectivity index (χ1v) is 6.41. The lowest BCUT2D eigenvalue weighted by Gasteiger charge is -2.27. The van der Waals surface area contributed by atoms with Gasteiger partial charge in [-0.15, -0.1) is 0 Å². The van der Waals surface area contributed by atoms with E-state index in [1.807, 2.05) is 30.3 Å². The smallest absolute Gasteiger partial charge is 0.407 e. The van der Waals surface area contributed by atoms with Crippen LogP contribution in [0.3, 0.4) is 0 Å². The topological polar surface area (TPSA) is 58.6 Å². The highest BCUT2D eigenvalue weighted by Gasteiger charge is 2.24. The average Bonchev–Trinajstić information content (AvgIpc) is 2.40. The average molecular weight is 249 g/mol. The van der Waals surface area contributed by atoms with Crippen LogP contribution in [0.1, 0.15) is 31.2 Å². The van der Waals surface area contributed by atoms with E-state index in [1.165, 1.54) is 0 Å². The fourth-order valence-electron chi connectivity index (χ4n) is 2.20. The second-order valence-corrected chi connectivity index (χ2v) is 4.66. The third kappa shape index (κ3) is 3.74. The zero-order valence-electron chi connectivity index (χ0n) is 10.3. The van der Waals surface area contributed by atoms with Crippen LogP contribution < -0.4 is 5.32 Å². The molecule has 1 saturated carbocycles. The van der Waals surface area contributed by atoms with Gasteiger partial charge < -0.3 is 15.2 Å². The van der Waals surface area contributed by atoms with Gasteiger partial charge in [-0.3, -0.25) is 0 Å². The maximum absolute atomic E-state index is 11.6. The number of carbonyl (C=O) groups is 1. The first kappa shape index (κ1) is 12.9. The van der Waals surface area contributed by atoms with Gasteiger partial charge in [0.1, 0.15) is 6.61 Å². The van der Waals surface area contributed by atoms with E-state index in [-0.39, 0.29) is 12.6 Å². The van der Waals surface area contributed by atoms with Crippen molar-refractivity contribution >= 4 is 6.09 Å².